The highest BCUT2D eigenvalue weighted by atomic mass is 15.2. The van der Waals surface area contributed by atoms with Crippen LogP contribution in [0.2, 0.25) is 0 Å². The molecule has 3 rings (SSSR count). The maximum atomic E-state index is 3.85. The lowest BCUT2D eigenvalue weighted by atomic mass is 9.81. The molecule has 2 aliphatic carbocycles. The van der Waals surface area contributed by atoms with E-state index in [-0.39, 0.29) is 0 Å². The molecule has 0 aromatic rings. The van der Waals surface area contributed by atoms with Gasteiger partial charge in [0.2, 0.25) is 0 Å². The van der Waals surface area contributed by atoms with Crippen LogP contribution in [0.3, 0.4) is 0 Å². The van der Waals surface area contributed by atoms with Crippen molar-refractivity contribution in [3.8, 4) is 0 Å². The third-order valence-corrected chi connectivity index (χ3v) is 6.11. The zero-order valence-corrected chi connectivity index (χ0v) is 13.7. The predicted octanol–water partition coefficient (Wildman–Crippen LogP) is 3.67. The van der Waals surface area contributed by atoms with E-state index < -0.39 is 0 Å². The highest BCUT2D eigenvalue weighted by molar-refractivity contribution is 5.01. The molecule has 2 nitrogen and oxygen atoms in total. The van der Waals surface area contributed by atoms with Crippen LogP contribution < -0.4 is 5.32 Å². The molecular weight excluding hydrogens is 244 g/mol. The minimum Gasteiger partial charge on any atom is -0.310 e. The Morgan fingerprint density at radius 1 is 1.15 bits per heavy atom. The fourth-order valence-corrected chi connectivity index (χ4v) is 4.65. The molecule has 0 spiro atoms. The van der Waals surface area contributed by atoms with Crippen LogP contribution in [0.4, 0.5) is 0 Å². The third kappa shape index (κ3) is 3.76. The van der Waals surface area contributed by atoms with E-state index in [1.807, 2.05) is 0 Å². The van der Waals surface area contributed by atoms with Crippen LogP contribution in [0.1, 0.15) is 65.2 Å². The minimum atomic E-state index is 0.413. The van der Waals surface area contributed by atoms with Gasteiger partial charge in [0.25, 0.3) is 0 Å². The SMILES string of the molecule is CC1CCCC(CCN2CCCNC(C)(C3CC3)C2)C1. The van der Waals surface area contributed by atoms with Crippen molar-refractivity contribution in [2.24, 2.45) is 17.8 Å². The van der Waals surface area contributed by atoms with Gasteiger partial charge in [0.05, 0.1) is 0 Å². The first kappa shape index (κ1) is 14.8. The number of rotatable bonds is 4. The van der Waals surface area contributed by atoms with Gasteiger partial charge in [0.15, 0.2) is 0 Å². The van der Waals surface area contributed by atoms with Gasteiger partial charge in [0, 0.05) is 12.1 Å². The topological polar surface area (TPSA) is 15.3 Å². The minimum absolute atomic E-state index is 0.413. The van der Waals surface area contributed by atoms with Crippen molar-refractivity contribution in [3.05, 3.63) is 0 Å². The fraction of sp³-hybridized carbons (Fsp3) is 1.00. The zero-order chi connectivity index (χ0) is 14.0. The Morgan fingerprint density at radius 3 is 2.75 bits per heavy atom. The molecule has 116 valence electrons. The van der Waals surface area contributed by atoms with Gasteiger partial charge in [-0.2, -0.15) is 0 Å². The van der Waals surface area contributed by atoms with Crippen LogP contribution in [-0.4, -0.2) is 36.6 Å². The molecule has 2 heteroatoms. The highest BCUT2D eigenvalue weighted by Gasteiger charge is 2.42. The summed E-state index contributed by atoms with van der Waals surface area (Å²) >= 11 is 0. The second-order valence-corrected chi connectivity index (χ2v) is 8.17. The summed E-state index contributed by atoms with van der Waals surface area (Å²) in [5.74, 6) is 2.95. The first-order valence-electron chi connectivity index (χ1n) is 9.13. The van der Waals surface area contributed by atoms with Gasteiger partial charge in [-0.05, 0) is 76.4 Å². The summed E-state index contributed by atoms with van der Waals surface area (Å²) in [4.78, 5) is 2.78. The Bertz CT molecular complexity index is 313. The summed E-state index contributed by atoms with van der Waals surface area (Å²) in [7, 11) is 0. The van der Waals surface area contributed by atoms with Crippen LogP contribution in [0.25, 0.3) is 0 Å². The van der Waals surface area contributed by atoms with Gasteiger partial charge in [-0.15, -0.1) is 0 Å². The van der Waals surface area contributed by atoms with E-state index in [2.05, 4.69) is 24.1 Å². The Hall–Kier alpha value is -0.0800. The maximum Gasteiger partial charge on any atom is 0.0308 e. The molecule has 1 heterocycles. The van der Waals surface area contributed by atoms with Crippen molar-refractivity contribution >= 4 is 0 Å². The molecule has 1 N–H and O–H groups in total. The van der Waals surface area contributed by atoms with E-state index in [1.165, 1.54) is 77.5 Å². The van der Waals surface area contributed by atoms with E-state index in [1.54, 1.807) is 0 Å². The van der Waals surface area contributed by atoms with E-state index in [9.17, 15) is 0 Å². The molecule has 3 aliphatic rings. The lowest BCUT2D eigenvalue weighted by Gasteiger charge is -2.35. The Labute approximate surface area is 125 Å². The monoisotopic (exact) mass is 278 g/mol. The van der Waals surface area contributed by atoms with Crippen molar-refractivity contribution in [1.82, 2.24) is 10.2 Å². The Kier molecular flexibility index (Phi) is 4.72. The van der Waals surface area contributed by atoms with Gasteiger partial charge in [-0.25, -0.2) is 0 Å². The Balaban J connectivity index is 1.48. The van der Waals surface area contributed by atoms with Crippen molar-refractivity contribution in [1.29, 1.82) is 0 Å². The molecule has 0 bridgehead atoms. The standard InChI is InChI=1S/C18H34N2/c1-15-5-3-6-16(13-15)9-12-20-11-4-10-19-18(2,14-20)17-7-8-17/h15-17,19H,3-14H2,1-2H3. The van der Waals surface area contributed by atoms with Crippen molar-refractivity contribution in [2.75, 3.05) is 26.2 Å². The summed E-state index contributed by atoms with van der Waals surface area (Å²) in [6, 6.07) is 0. The average molecular weight is 278 g/mol. The van der Waals surface area contributed by atoms with Gasteiger partial charge in [-0.1, -0.05) is 26.2 Å². The molecule has 3 atom stereocenters. The molecule has 1 aliphatic heterocycles. The fourth-order valence-electron chi connectivity index (χ4n) is 4.65. The summed E-state index contributed by atoms with van der Waals surface area (Å²) in [6.45, 7) is 10.1. The van der Waals surface area contributed by atoms with Crippen LogP contribution >= 0.6 is 0 Å². The molecule has 0 amide bonds. The van der Waals surface area contributed by atoms with E-state index in [4.69, 9.17) is 0 Å². The predicted molar refractivity (Wildman–Crippen MR) is 85.9 cm³/mol. The quantitative estimate of drug-likeness (QED) is 0.844. The molecule has 3 unspecified atom stereocenters. The first-order valence-corrected chi connectivity index (χ1v) is 9.13. The summed E-state index contributed by atoms with van der Waals surface area (Å²) < 4.78 is 0. The van der Waals surface area contributed by atoms with E-state index >= 15 is 0 Å². The lowest BCUT2D eigenvalue weighted by Crippen LogP contribution is -2.51. The molecule has 0 aromatic carbocycles. The second-order valence-electron chi connectivity index (χ2n) is 8.17. The van der Waals surface area contributed by atoms with Gasteiger partial charge in [-0.3, -0.25) is 0 Å². The van der Waals surface area contributed by atoms with Crippen LogP contribution in [0.5, 0.6) is 0 Å². The smallest absolute Gasteiger partial charge is 0.0308 e. The van der Waals surface area contributed by atoms with Crippen molar-refractivity contribution in [3.63, 3.8) is 0 Å². The van der Waals surface area contributed by atoms with Crippen LogP contribution in [-0.2, 0) is 0 Å². The van der Waals surface area contributed by atoms with Crippen molar-refractivity contribution in [2.45, 2.75) is 70.8 Å². The molecule has 0 aromatic heterocycles. The van der Waals surface area contributed by atoms with Crippen LogP contribution in [0, 0.1) is 17.8 Å². The third-order valence-electron chi connectivity index (χ3n) is 6.11. The molecule has 3 fully saturated rings. The number of hydrogen-bond acceptors (Lipinski definition) is 2. The molecule has 1 saturated heterocycles. The average Bonchev–Trinajstić information content (AvgIpc) is 3.24. The largest absolute Gasteiger partial charge is 0.310 e. The normalized spacial score (nSPS) is 40.5. The second kappa shape index (κ2) is 6.36. The number of nitrogens with one attached hydrogen (secondary N) is 1. The van der Waals surface area contributed by atoms with E-state index in [0.29, 0.717) is 5.54 Å². The number of hydrogen-bond donors (Lipinski definition) is 1. The summed E-state index contributed by atoms with van der Waals surface area (Å²) in [5, 5.41) is 3.85. The summed E-state index contributed by atoms with van der Waals surface area (Å²) in [6.07, 6.45) is 11.6. The lowest BCUT2D eigenvalue weighted by molar-refractivity contribution is 0.175. The van der Waals surface area contributed by atoms with Gasteiger partial charge >= 0.3 is 0 Å². The first-order chi connectivity index (χ1) is 9.66. The van der Waals surface area contributed by atoms with Gasteiger partial charge < -0.3 is 10.2 Å². The molecular formula is C18H34N2. The maximum absolute atomic E-state index is 3.85. The van der Waals surface area contributed by atoms with Crippen molar-refractivity contribution < 1.29 is 0 Å². The zero-order valence-electron chi connectivity index (χ0n) is 13.7. The molecule has 20 heavy (non-hydrogen) atoms. The van der Waals surface area contributed by atoms with Gasteiger partial charge in [0.1, 0.15) is 0 Å². The molecule has 0 radical (unpaired) electrons. The Morgan fingerprint density at radius 2 is 2.00 bits per heavy atom. The summed E-state index contributed by atoms with van der Waals surface area (Å²) in [5.41, 5.74) is 0.413. The highest BCUT2D eigenvalue weighted by Crippen LogP contribution is 2.40. The van der Waals surface area contributed by atoms with E-state index in [0.717, 1.165) is 17.8 Å². The van der Waals surface area contributed by atoms with Crippen LogP contribution in [0.15, 0.2) is 0 Å². The number of nitrogens with zero attached hydrogens (tertiary/aromatic N) is 1. The molecule has 2 saturated carbocycles.